The van der Waals surface area contributed by atoms with Crippen molar-refractivity contribution >= 4 is 11.4 Å². The van der Waals surface area contributed by atoms with Crippen molar-refractivity contribution in [3.63, 3.8) is 0 Å². The zero-order valence-electron chi connectivity index (χ0n) is 11.7. The van der Waals surface area contributed by atoms with Gasteiger partial charge in [0.1, 0.15) is 5.75 Å². The second-order valence-electron chi connectivity index (χ2n) is 6.04. The minimum atomic E-state index is 0.676. The van der Waals surface area contributed by atoms with E-state index < -0.39 is 0 Å². The highest BCUT2D eigenvalue weighted by molar-refractivity contribution is 5.59. The summed E-state index contributed by atoms with van der Waals surface area (Å²) in [6.45, 7) is 3.75. The smallest absolute Gasteiger partial charge is 0.123 e. The third-order valence-corrected chi connectivity index (χ3v) is 4.69. The van der Waals surface area contributed by atoms with Crippen LogP contribution in [0.3, 0.4) is 0 Å². The topological polar surface area (TPSA) is 47.3 Å². The highest BCUT2D eigenvalue weighted by Crippen LogP contribution is 2.48. The average Bonchev–Trinajstić information content (AvgIpc) is 2.98. The summed E-state index contributed by atoms with van der Waals surface area (Å²) >= 11 is 0. The number of benzene rings is 1. The lowest BCUT2D eigenvalue weighted by Gasteiger charge is -2.22. The molecule has 2 bridgehead atoms. The normalized spacial score (nSPS) is 28.6. The average molecular weight is 260 g/mol. The first-order valence-corrected chi connectivity index (χ1v) is 7.52. The van der Waals surface area contributed by atoms with Crippen LogP contribution in [0.4, 0.5) is 11.4 Å². The maximum absolute atomic E-state index is 5.91. The molecule has 3 unspecified atom stereocenters. The molecule has 0 heterocycles. The lowest BCUT2D eigenvalue weighted by atomic mass is 9.89. The van der Waals surface area contributed by atoms with E-state index in [-0.39, 0.29) is 0 Å². The molecule has 104 valence electrons. The lowest BCUT2D eigenvalue weighted by molar-refractivity contribution is 0.340. The molecule has 2 aliphatic rings. The molecule has 3 atom stereocenters. The Balaban J connectivity index is 1.60. The number of fused-ring (bicyclic) bond motifs is 2. The molecule has 0 saturated heterocycles. The summed E-state index contributed by atoms with van der Waals surface area (Å²) < 4.78 is 5.53. The van der Waals surface area contributed by atoms with E-state index in [9.17, 15) is 0 Å². The molecular formula is C16H24N2O. The van der Waals surface area contributed by atoms with Gasteiger partial charge in [0.2, 0.25) is 0 Å². The van der Waals surface area contributed by atoms with Crippen molar-refractivity contribution < 1.29 is 4.74 Å². The monoisotopic (exact) mass is 260 g/mol. The summed E-state index contributed by atoms with van der Waals surface area (Å²) in [6.07, 6.45) is 5.79. The molecule has 0 aliphatic heterocycles. The molecule has 3 rings (SSSR count). The van der Waals surface area contributed by atoms with Gasteiger partial charge in [0.15, 0.2) is 0 Å². The fraction of sp³-hybridized carbons (Fsp3) is 0.625. The lowest BCUT2D eigenvalue weighted by Crippen LogP contribution is -2.20. The summed E-state index contributed by atoms with van der Waals surface area (Å²) in [5.74, 6) is 3.69. The molecule has 0 amide bonds. The van der Waals surface area contributed by atoms with Crippen molar-refractivity contribution in [1.29, 1.82) is 0 Å². The van der Waals surface area contributed by atoms with Gasteiger partial charge in [-0.2, -0.15) is 0 Å². The van der Waals surface area contributed by atoms with Crippen molar-refractivity contribution in [2.75, 3.05) is 24.2 Å². The van der Waals surface area contributed by atoms with E-state index in [0.29, 0.717) is 6.61 Å². The van der Waals surface area contributed by atoms with Crippen LogP contribution in [0.2, 0.25) is 0 Å². The number of nitrogens with two attached hydrogens (primary N) is 1. The Kier molecular flexibility index (Phi) is 3.54. The molecule has 3 N–H and O–H groups in total. The molecule has 0 spiro atoms. The summed E-state index contributed by atoms with van der Waals surface area (Å²) in [4.78, 5) is 0. The minimum absolute atomic E-state index is 0.676. The van der Waals surface area contributed by atoms with Crippen molar-refractivity contribution in [1.82, 2.24) is 0 Å². The number of rotatable bonds is 5. The third kappa shape index (κ3) is 2.80. The summed E-state index contributed by atoms with van der Waals surface area (Å²) in [7, 11) is 0. The molecule has 1 aromatic carbocycles. The number of nitrogens with one attached hydrogen (secondary N) is 1. The van der Waals surface area contributed by atoms with Gasteiger partial charge in [-0.3, -0.25) is 0 Å². The largest absolute Gasteiger partial charge is 0.494 e. The van der Waals surface area contributed by atoms with E-state index in [0.717, 1.165) is 41.4 Å². The van der Waals surface area contributed by atoms with Crippen molar-refractivity contribution in [3.05, 3.63) is 18.2 Å². The maximum Gasteiger partial charge on any atom is 0.123 e. The van der Waals surface area contributed by atoms with Gasteiger partial charge in [0.25, 0.3) is 0 Å². The van der Waals surface area contributed by atoms with Gasteiger partial charge >= 0.3 is 0 Å². The highest BCUT2D eigenvalue weighted by atomic mass is 16.5. The zero-order chi connectivity index (χ0) is 13.2. The molecule has 0 radical (unpaired) electrons. The van der Waals surface area contributed by atoms with Crippen molar-refractivity contribution in [2.45, 2.75) is 32.6 Å². The Labute approximate surface area is 115 Å². The Morgan fingerprint density at radius 2 is 2.16 bits per heavy atom. The van der Waals surface area contributed by atoms with Crippen LogP contribution >= 0.6 is 0 Å². The first-order valence-electron chi connectivity index (χ1n) is 7.52. The van der Waals surface area contributed by atoms with Crippen molar-refractivity contribution in [2.24, 2.45) is 17.8 Å². The highest BCUT2D eigenvalue weighted by Gasteiger charge is 2.38. The number of anilines is 2. The van der Waals surface area contributed by atoms with Gasteiger partial charge in [-0.15, -0.1) is 0 Å². The first kappa shape index (κ1) is 12.6. The van der Waals surface area contributed by atoms with Gasteiger partial charge in [-0.05, 0) is 50.0 Å². The quantitative estimate of drug-likeness (QED) is 0.796. The fourth-order valence-electron chi connectivity index (χ4n) is 3.85. The second kappa shape index (κ2) is 5.32. The molecule has 2 fully saturated rings. The molecule has 19 heavy (non-hydrogen) atoms. The van der Waals surface area contributed by atoms with Crippen LogP contribution in [-0.2, 0) is 0 Å². The van der Waals surface area contributed by atoms with Crippen LogP contribution in [0.25, 0.3) is 0 Å². The molecule has 0 aromatic heterocycles. The van der Waals surface area contributed by atoms with Crippen molar-refractivity contribution in [3.8, 4) is 5.75 Å². The van der Waals surface area contributed by atoms with Gasteiger partial charge in [-0.1, -0.05) is 6.42 Å². The van der Waals surface area contributed by atoms with Gasteiger partial charge in [-0.25, -0.2) is 0 Å². The number of hydrogen-bond acceptors (Lipinski definition) is 3. The maximum atomic E-state index is 5.91. The van der Waals surface area contributed by atoms with Crippen LogP contribution in [0.1, 0.15) is 32.6 Å². The fourth-order valence-corrected chi connectivity index (χ4v) is 3.85. The van der Waals surface area contributed by atoms with Gasteiger partial charge in [0, 0.05) is 30.1 Å². The number of nitrogen functional groups attached to an aromatic ring is 1. The van der Waals surface area contributed by atoms with Crippen LogP contribution in [0, 0.1) is 17.8 Å². The predicted molar refractivity (Wildman–Crippen MR) is 79.5 cm³/mol. The minimum Gasteiger partial charge on any atom is -0.494 e. The molecule has 3 nitrogen and oxygen atoms in total. The molecule has 2 aliphatic carbocycles. The standard InChI is InChI=1S/C16H24N2O/c1-2-19-16-8-14(17)7-15(9-16)18-10-13-6-11-3-4-12(13)5-11/h7-9,11-13,18H,2-6,10,17H2,1H3. The second-order valence-corrected chi connectivity index (χ2v) is 6.04. The Bertz CT molecular complexity index is 446. The Hall–Kier alpha value is -1.38. The molecular weight excluding hydrogens is 236 g/mol. The predicted octanol–water partition coefficient (Wildman–Crippen LogP) is 3.52. The van der Waals surface area contributed by atoms with Crippen LogP contribution in [0.5, 0.6) is 5.75 Å². The summed E-state index contributed by atoms with van der Waals surface area (Å²) in [5.41, 5.74) is 7.77. The zero-order valence-corrected chi connectivity index (χ0v) is 11.7. The molecule has 3 heteroatoms. The Morgan fingerprint density at radius 1 is 1.26 bits per heavy atom. The SMILES string of the molecule is CCOc1cc(N)cc(NCC2CC3CCC2C3)c1. The van der Waals surface area contributed by atoms with Crippen LogP contribution in [0.15, 0.2) is 18.2 Å². The van der Waals surface area contributed by atoms with E-state index >= 15 is 0 Å². The summed E-state index contributed by atoms with van der Waals surface area (Å²) in [5, 5.41) is 3.55. The van der Waals surface area contributed by atoms with E-state index in [4.69, 9.17) is 10.5 Å². The third-order valence-electron chi connectivity index (χ3n) is 4.69. The van der Waals surface area contributed by atoms with E-state index in [1.165, 1.54) is 25.7 Å². The van der Waals surface area contributed by atoms with Gasteiger partial charge in [0.05, 0.1) is 6.61 Å². The number of ether oxygens (including phenoxy) is 1. The van der Waals surface area contributed by atoms with Gasteiger partial charge < -0.3 is 15.8 Å². The van der Waals surface area contributed by atoms with E-state index in [1.807, 2.05) is 25.1 Å². The Morgan fingerprint density at radius 3 is 2.84 bits per heavy atom. The van der Waals surface area contributed by atoms with Crippen LogP contribution in [-0.4, -0.2) is 13.2 Å². The van der Waals surface area contributed by atoms with E-state index in [2.05, 4.69) is 5.32 Å². The molecule has 1 aromatic rings. The summed E-state index contributed by atoms with van der Waals surface area (Å²) in [6, 6.07) is 5.93. The van der Waals surface area contributed by atoms with E-state index in [1.54, 1.807) is 0 Å². The molecule has 2 saturated carbocycles. The number of hydrogen-bond donors (Lipinski definition) is 2. The first-order chi connectivity index (χ1) is 9.24. The van der Waals surface area contributed by atoms with Crippen LogP contribution < -0.4 is 15.8 Å².